The van der Waals surface area contributed by atoms with Crippen molar-refractivity contribution in [2.45, 2.75) is 13.8 Å². The highest BCUT2D eigenvalue weighted by molar-refractivity contribution is 7.90. The molecule has 2 rings (SSSR count). The van der Waals surface area contributed by atoms with E-state index in [9.17, 15) is 13.2 Å². The van der Waals surface area contributed by atoms with Gasteiger partial charge in [0.25, 0.3) is 5.91 Å². The van der Waals surface area contributed by atoms with Crippen molar-refractivity contribution in [2.75, 3.05) is 38.6 Å². The molecule has 1 N–H and O–H groups in total. The fourth-order valence-electron chi connectivity index (χ4n) is 2.44. The normalized spacial score (nSPS) is 11.4. The van der Waals surface area contributed by atoms with Gasteiger partial charge in [0, 0.05) is 26.7 Å². The van der Waals surface area contributed by atoms with E-state index in [1.54, 1.807) is 24.3 Å². The molecular formula is C20H27N3O4S. The fraction of sp³-hybridized carbons (Fsp3) is 0.350. The number of amides is 1. The second kappa shape index (κ2) is 9.07. The quantitative estimate of drug-likeness (QED) is 0.684. The summed E-state index contributed by atoms with van der Waals surface area (Å²) in [5, 5.41) is 2.79. The number of ether oxygens (including phenoxy) is 1. The van der Waals surface area contributed by atoms with Gasteiger partial charge in [-0.2, -0.15) is 12.7 Å². The average Bonchev–Trinajstić information content (AvgIpc) is 2.67. The van der Waals surface area contributed by atoms with E-state index in [1.165, 1.54) is 26.7 Å². The Hall–Kier alpha value is -2.58. The van der Waals surface area contributed by atoms with Crippen LogP contribution in [0, 0.1) is 13.8 Å². The Kier molecular flexibility index (Phi) is 7.04. The van der Waals surface area contributed by atoms with Crippen LogP contribution in [0.4, 0.5) is 5.69 Å². The van der Waals surface area contributed by atoms with Crippen LogP contribution in [-0.2, 0) is 10.2 Å². The molecule has 0 atom stereocenters. The van der Waals surface area contributed by atoms with Gasteiger partial charge in [0.15, 0.2) is 0 Å². The molecule has 0 bridgehead atoms. The molecule has 7 nitrogen and oxygen atoms in total. The van der Waals surface area contributed by atoms with Crippen molar-refractivity contribution in [3.05, 3.63) is 59.2 Å². The fourth-order valence-corrected chi connectivity index (χ4v) is 3.32. The van der Waals surface area contributed by atoms with Crippen LogP contribution in [0.1, 0.15) is 21.5 Å². The monoisotopic (exact) mass is 405 g/mol. The molecule has 0 aromatic heterocycles. The molecule has 2 aromatic carbocycles. The molecule has 0 aliphatic carbocycles. The molecule has 0 spiro atoms. The van der Waals surface area contributed by atoms with Crippen molar-refractivity contribution in [1.82, 2.24) is 9.62 Å². The van der Waals surface area contributed by atoms with Crippen LogP contribution in [0.15, 0.2) is 42.5 Å². The van der Waals surface area contributed by atoms with E-state index in [4.69, 9.17) is 4.74 Å². The third-order valence-electron chi connectivity index (χ3n) is 4.44. The van der Waals surface area contributed by atoms with E-state index in [-0.39, 0.29) is 5.91 Å². The zero-order chi connectivity index (χ0) is 20.9. The van der Waals surface area contributed by atoms with Crippen molar-refractivity contribution in [2.24, 2.45) is 0 Å². The first-order valence-corrected chi connectivity index (χ1v) is 10.3. The number of aryl methyl sites for hydroxylation is 2. The number of hydrogen-bond donors (Lipinski definition) is 1. The minimum Gasteiger partial charge on any atom is -0.492 e. The summed E-state index contributed by atoms with van der Waals surface area (Å²) in [4.78, 5) is 12.2. The molecule has 0 aliphatic heterocycles. The molecule has 0 heterocycles. The highest BCUT2D eigenvalue weighted by Crippen LogP contribution is 2.18. The molecule has 28 heavy (non-hydrogen) atoms. The van der Waals surface area contributed by atoms with Crippen LogP contribution < -0.4 is 14.4 Å². The maximum absolute atomic E-state index is 12.2. The van der Waals surface area contributed by atoms with E-state index in [0.29, 0.717) is 24.4 Å². The minimum absolute atomic E-state index is 0.242. The zero-order valence-electron chi connectivity index (χ0n) is 16.9. The molecular weight excluding hydrogens is 378 g/mol. The van der Waals surface area contributed by atoms with E-state index in [1.807, 2.05) is 32.0 Å². The van der Waals surface area contributed by atoms with Crippen molar-refractivity contribution >= 4 is 21.8 Å². The second-order valence-corrected chi connectivity index (χ2v) is 8.83. The Balaban J connectivity index is 1.88. The SMILES string of the molecule is Cc1ccc(OCCNC(=O)c2ccc(N(C)S(=O)(=O)N(C)C)cc2)cc1C. The molecule has 152 valence electrons. The lowest BCUT2D eigenvalue weighted by atomic mass is 10.1. The molecule has 2 aromatic rings. The zero-order valence-corrected chi connectivity index (χ0v) is 17.7. The lowest BCUT2D eigenvalue weighted by molar-refractivity contribution is 0.0947. The van der Waals surface area contributed by atoms with Gasteiger partial charge in [0.2, 0.25) is 0 Å². The summed E-state index contributed by atoms with van der Waals surface area (Å²) in [7, 11) is 0.835. The average molecular weight is 406 g/mol. The van der Waals surface area contributed by atoms with E-state index >= 15 is 0 Å². The van der Waals surface area contributed by atoms with E-state index < -0.39 is 10.2 Å². The van der Waals surface area contributed by atoms with Gasteiger partial charge >= 0.3 is 10.2 Å². The third-order valence-corrected chi connectivity index (χ3v) is 6.26. The van der Waals surface area contributed by atoms with Crippen molar-refractivity contribution < 1.29 is 17.9 Å². The number of rotatable bonds is 8. The number of hydrogen-bond acceptors (Lipinski definition) is 4. The highest BCUT2D eigenvalue weighted by atomic mass is 32.2. The van der Waals surface area contributed by atoms with Gasteiger partial charge < -0.3 is 10.1 Å². The topological polar surface area (TPSA) is 79.0 Å². The number of anilines is 1. The van der Waals surface area contributed by atoms with E-state index in [2.05, 4.69) is 5.32 Å². The van der Waals surface area contributed by atoms with Crippen LogP contribution in [0.2, 0.25) is 0 Å². The summed E-state index contributed by atoms with van der Waals surface area (Å²) in [6.45, 7) is 4.78. The number of carbonyl (C=O) groups excluding carboxylic acids is 1. The lowest BCUT2D eigenvalue weighted by Gasteiger charge is -2.23. The number of carbonyl (C=O) groups is 1. The van der Waals surface area contributed by atoms with Crippen molar-refractivity contribution in [1.29, 1.82) is 0 Å². The van der Waals surface area contributed by atoms with Gasteiger partial charge in [-0.1, -0.05) is 6.07 Å². The van der Waals surface area contributed by atoms with Crippen LogP contribution in [-0.4, -0.2) is 52.9 Å². The predicted molar refractivity (Wildman–Crippen MR) is 111 cm³/mol. The molecule has 0 fully saturated rings. The van der Waals surface area contributed by atoms with Crippen molar-refractivity contribution in [3.63, 3.8) is 0 Å². The van der Waals surface area contributed by atoms with Crippen LogP contribution >= 0.6 is 0 Å². The first-order chi connectivity index (χ1) is 13.1. The maximum Gasteiger partial charge on any atom is 0.303 e. The number of nitrogens with one attached hydrogen (secondary N) is 1. The van der Waals surface area contributed by atoms with Crippen LogP contribution in [0.3, 0.4) is 0 Å². The number of benzene rings is 2. The largest absolute Gasteiger partial charge is 0.492 e. The molecule has 0 aliphatic rings. The van der Waals surface area contributed by atoms with Gasteiger partial charge in [-0.05, 0) is 61.4 Å². The van der Waals surface area contributed by atoms with Crippen LogP contribution in [0.5, 0.6) is 5.75 Å². The molecule has 0 saturated heterocycles. The summed E-state index contributed by atoms with van der Waals surface area (Å²) in [5.74, 6) is 0.528. The first-order valence-electron chi connectivity index (χ1n) is 8.87. The molecule has 1 amide bonds. The van der Waals surface area contributed by atoms with Gasteiger partial charge in [-0.25, -0.2) is 0 Å². The van der Waals surface area contributed by atoms with Crippen molar-refractivity contribution in [3.8, 4) is 5.75 Å². The summed E-state index contributed by atoms with van der Waals surface area (Å²) in [5.41, 5.74) is 3.28. The summed E-state index contributed by atoms with van der Waals surface area (Å²) < 4.78 is 32.2. The Labute approximate surface area is 167 Å². The molecule has 0 unspecified atom stereocenters. The van der Waals surface area contributed by atoms with E-state index in [0.717, 1.165) is 19.9 Å². The summed E-state index contributed by atoms with van der Waals surface area (Å²) in [6.07, 6.45) is 0. The molecule has 0 saturated carbocycles. The van der Waals surface area contributed by atoms with Crippen LogP contribution in [0.25, 0.3) is 0 Å². The Morgan fingerprint density at radius 1 is 1.00 bits per heavy atom. The minimum atomic E-state index is -3.56. The molecule has 8 heteroatoms. The Bertz CT molecular complexity index is 925. The van der Waals surface area contributed by atoms with Gasteiger partial charge in [0.1, 0.15) is 12.4 Å². The van der Waals surface area contributed by atoms with Gasteiger partial charge in [-0.3, -0.25) is 9.10 Å². The highest BCUT2D eigenvalue weighted by Gasteiger charge is 2.21. The number of nitrogens with zero attached hydrogens (tertiary/aromatic N) is 2. The third kappa shape index (κ3) is 5.24. The maximum atomic E-state index is 12.2. The van der Waals surface area contributed by atoms with Gasteiger partial charge in [0.05, 0.1) is 12.2 Å². The summed E-state index contributed by atoms with van der Waals surface area (Å²) in [6, 6.07) is 12.3. The first kappa shape index (κ1) is 21.7. The lowest BCUT2D eigenvalue weighted by Crippen LogP contribution is -2.37. The second-order valence-electron chi connectivity index (χ2n) is 6.65. The smallest absolute Gasteiger partial charge is 0.303 e. The molecule has 0 radical (unpaired) electrons. The predicted octanol–water partition coefficient (Wildman–Crippen LogP) is 2.35. The Morgan fingerprint density at radius 3 is 2.21 bits per heavy atom. The standard InChI is InChI=1S/C20H27N3O4S/c1-15-6-11-19(14-16(15)2)27-13-12-21-20(24)17-7-9-18(10-8-17)23(5)28(25,26)22(3)4/h6-11,14H,12-13H2,1-5H3,(H,21,24). The van der Waals surface area contributed by atoms with Gasteiger partial charge in [-0.15, -0.1) is 0 Å². The Morgan fingerprint density at radius 2 is 1.64 bits per heavy atom. The summed E-state index contributed by atoms with van der Waals surface area (Å²) >= 11 is 0.